The minimum absolute atomic E-state index is 0.162. The topological polar surface area (TPSA) is 66.9 Å². The van der Waals surface area contributed by atoms with Crippen LogP contribution >= 0.6 is 0 Å². The van der Waals surface area contributed by atoms with Gasteiger partial charge in [-0.05, 0) is 56.2 Å². The Labute approximate surface area is 173 Å². The first-order chi connectivity index (χ1) is 13.8. The van der Waals surface area contributed by atoms with Gasteiger partial charge in [0.05, 0.1) is 17.7 Å². The number of benzene rings is 2. The molecule has 3 rings (SSSR count). The fraction of sp³-hybridized carbons (Fsp3) is 0.409. The summed E-state index contributed by atoms with van der Waals surface area (Å²) in [6.07, 6.45) is 4.14. The van der Waals surface area contributed by atoms with Crippen molar-refractivity contribution in [1.82, 2.24) is 4.90 Å². The van der Waals surface area contributed by atoms with E-state index in [4.69, 9.17) is 4.74 Å². The number of aryl methyl sites for hydroxylation is 1. The maximum atomic E-state index is 13.4. The standard InChI is InChI=1S/C22H28N2O4S/c1-17-8-14-21(15-9-17)29(26,27)24(19-10-12-20(28-3)13-11-19)16-22(25)23(2)18-6-4-5-7-18/h8-15,18H,4-7,16H2,1-3H3. The Morgan fingerprint density at radius 1 is 1.03 bits per heavy atom. The van der Waals surface area contributed by atoms with Crippen LogP contribution in [-0.4, -0.2) is 46.0 Å². The van der Waals surface area contributed by atoms with Crippen molar-refractivity contribution in [3.63, 3.8) is 0 Å². The molecule has 156 valence electrons. The van der Waals surface area contributed by atoms with Crippen molar-refractivity contribution in [3.05, 3.63) is 54.1 Å². The summed E-state index contributed by atoms with van der Waals surface area (Å²) in [5.41, 5.74) is 1.40. The van der Waals surface area contributed by atoms with Crippen LogP contribution in [0.15, 0.2) is 53.4 Å². The van der Waals surface area contributed by atoms with Gasteiger partial charge in [-0.3, -0.25) is 9.10 Å². The first kappa shape index (κ1) is 21.2. The highest BCUT2D eigenvalue weighted by atomic mass is 32.2. The summed E-state index contributed by atoms with van der Waals surface area (Å²) < 4.78 is 33.2. The number of amides is 1. The lowest BCUT2D eigenvalue weighted by Gasteiger charge is -2.29. The van der Waals surface area contributed by atoms with Gasteiger partial charge < -0.3 is 9.64 Å². The van der Waals surface area contributed by atoms with Crippen molar-refractivity contribution in [2.75, 3.05) is 25.0 Å². The molecule has 1 aliphatic rings. The van der Waals surface area contributed by atoms with Crippen molar-refractivity contribution in [3.8, 4) is 5.75 Å². The molecule has 0 radical (unpaired) electrons. The predicted molar refractivity (Wildman–Crippen MR) is 114 cm³/mol. The van der Waals surface area contributed by atoms with E-state index in [1.165, 1.54) is 4.31 Å². The number of hydrogen-bond donors (Lipinski definition) is 0. The maximum Gasteiger partial charge on any atom is 0.264 e. The molecule has 0 saturated heterocycles. The second-order valence-corrected chi connectivity index (χ2v) is 9.33. The number of likely N-dealkylation sites (N-methyl/N-ethyl adjacent to an activating group) is 1. The van der Waals surface area contributed by atoms with E-state index in [2.05, 4.69) is 0 Å². The molecule has 1 amide bonds. The third kappa shape index (κ3) is 4.72. The van der Waals surface area contributed by atoms with Gasteiger partial charge in [-0.1, -0.05) is 30.5 Å². The number of anilines is 1. The SMILES string of the molecule is COc1ccc(N(CC(=O)N(C)C2CCCC2)S(=O)(=O)c2ccc(C)cc2)cc1. The molecule has 0 bridgehead atoms. The smallest absolute Gasteiger partial charge is 0.264 e. The van der Waals surface area contributed by atoms with Crippen molar-refractivity contribution < 1.29 is 17.9 Å². The molecule has 0 spiro atoms. The molecule has 1 fully saturated rings. The lowest BCUT2D eigenvalue weighted by Crippen LogP contribution is -2.44. The highest BCUT2D eigenvalue weighted by Crippen LogP contribution is 2.27. The van der Waals surface area contributed by atoms with Crippen molar-refractivity contribution in [2.45, 2.75) is 43.5 Å². The number of nitrogens with zero attached hydrogens (tertiary/aromatic N) is 2. The van der Waals surface area contributed by atoms with Crippen molar-refractivity contribution in [1.29, 1.82) is 0 Å². The van der Waals surface area contributed by atoms with Gasteiger partial charge in [0.15, 0.2) is 0 Å². The van der Waals surface area contributed by atoms with Gasteiger partial charge in [0, 0.05) is 13.1 Å². The Kier molecular flexibility index (Phi) is 6.47. The van der Waals surface area contributed by atoms with Gasteiger partial charge in [-0.25, -0.2) is 8.42 Å². The molecule has 1 saturated carbocycles. The Morgan fingerprint density at radius 3 is 2.17 bits per heavy atom. The molecule has 29 heavy (non-hydrogen) atoms. The minimum atomic E-state index is -3.90. The van der Waals surface area contributed by atoms with Crippen LogP contribution in [-0.2, 0) is 14.8 Å². The average molecular weight is 417 g/mol. The van der Waals surface area contributed by atoms with Crippen LogP contribution < -0.4 is 9.04 Å². The Bertz CT molecular complexity index is 934. The van der Waals surface area contributed by atoms with Crippen LogP contribution in [0, 0.1) is 6.92 Å². The summed E-state index contributed by atoms with van der Waals surface area (Å²) in [6, 6.07) is 13.6. The number of rotatable bonds is 7. The van der Waals surface area contributed by atoms with Gasteiger partial charge in [-0.15, -0.1) is 0 Å². The van der Waals surface area contributed by atoms with Crippen LogP contribution in [0.2, 0.25) is 0 Å². The number of methoxy groups -OCH3 is 1. The molecular formula is C22H28N2O4S. The van der Waals surface area contributed by atoms with E-state index in [0.29, 0.717) is 11.4 Å². The minimum Gasteiger partial charge on any atom is -0.497 e. The number of carbonyl (C=O) groups is 1. The molecule has 7 heteroatoms. The largest absolute Gasteiger partial charge is 0.497 e. The van der Waals surface area contributed by atoms with Crippen LogP contribution in [0.4, 0.5) is 5.69 Å². The summed E-state index contributed by atoms with van der Waals surface area (Å²) in [5, 5.41) is 0. The van der Waals surface area contributed by atoms with E-state index in [9.17, 15) is 13.2 Å². The van der Waals surface area contributed by atoms with Gasteiger partial charge >= 0.3 is 0 Å². The highest BCUT2D eigenvalue weighted by Gasteiger charge is 2.30. The van der Waals surface area contributed by atoms with Gasteiger partial charge in [0.1, 0.15) is 12.3 Å². The zero-order valence-electron chi connectivity index (χ0n) is 17.2. The number of hydrogen-bond acceptors (Lipinski definition) is 4. The third-order valence-corrected chi connectivity index (χ3v) is 7.30. The molecule has 2 aromatic rings. The van der Waals surface area contributed by atoms with E-state index >= 15 is 0 Å². The molecule has 0 aliphatic heterocycles. The van der Waals surface area contributed by atoms with E-state index in [1.54, 1.807) is 67.6 Å². The lowest BCUT2D eigenvalue weighted by atomic mass is 10.2. The molecule has 0 unspecified atom stereocenters. The fourth-order valence-corrected chi connectivity index (χ4v) is 5.04. The third-order valence-electron chi connectivity index (χ3n) is 5.51. The lowest BCUT2D eigenvalue weighted by molar-refractivity contribution is -0.130. The van der Waals surface area contributed by atoms with E-state index in [0.717, 1.165) is 31.2 Å². The van der Waals surface area contributed by atoms with Gasteiger partial charge in [0.2, 0.25) is 5.91 Å². The molecule has 1 aliphatic carbocycles. The number of carbonyl (C=O) groups excluding carboxylic acids is 1. The quantitative estimate of drug-likeness (QED) is 0.692. The predicted octanol–water partition coefficient (Wildman–Crippen LogP) is 3.60. The van der Waals surface area contributed by atoms with E-state index < -0.39 is 10.0 Å². The van der Waals surface area contributed by atoms with Crippen molar-refractivity contribution in [2.24, 2.45) is 0 Å². The summed E-state index contributed by atoms with van der Waals surface area (Å²) in [5.74, 6) is 0.416. The molecule has 0 atom stereocenters. The molecule has 2 aromatic carbocycles. The monoisotopic (exact) mass is 416 g/mol. The second-order valence-electron chi connectivity index (χ2n) is 7.47. The zero-order valence-corrected chi connectivity index (χ0v) is 18.0. The van der Waals surface area contributed by atoms with Crippen LogP contribution in [0.25, 0.3) is 0 Å². The Morgan fingerprint density at radius 2 is 1.62 bits per heavy atom. The van der Waals surface area contributed by atoms with Gasteiger partial charge in [0.25, 0.3) is 10.0 Å². The van der Waals surface area contributed by atoms with Crippen LogP contribution in [0.1, 0.15) is 31.2 Å². The summed E-state index contributed by atoms with van der Waals surface area (Å²) in [6.45, 7) is 1.66. The second kappa shape index (κ2) is 8.86. The normalized spacial score (nSPS) is 14.6. The molecule has 6 nitrogen and oxygen atoms in total. The fourth-order valence-electron chi connectivity index (χ4n) is 3.63. The first-order valence-corrected chi connectivity index (χ1v) is 11.3. The van der Waals surface area contributed by atoms with Crippen molar-refractivity contribution >= 4 is 21.6 Å². The van der Waals surface area contributed by atoms with E-state index in [-0.39, 0.29) is 23.4 Å². The summed E-state index contributed by atoms with van der Waals surface area (Å²) in [7, 11) is -0.579. The Balaban J connectivity index is 1.94. The molecule has 0 N–H and O–H groups in total. The molecule has 0 aromatic heterocycles. The number of ether oxygens (including phenoxy) is 1. The average Bonchev–Trinajstić information content (AvgIpc) is 3.26. The maximum absolute atomic E-state index is 13.4. The zero-order chi connectivity index (χ0) is 21.0. The van der Waals surface area contributed by atoms with Crippen LogP contribution in [0.5, 0.6) is 5.75 Å². The Hall–Kier alpha value is -2.54. The molecule has 0 heterocycles. The summed E-state index contributed by atoms with van der Waals surface area (Å²) >= 11 is 0. The van der Waals surface area contributed by atoms with Gasteiger partial charge in [-0.2, -0.15) is 0 Å². The molecular weight excluding hydrogens is 388 g/mol. The van der Waals surface area contributed by atoms with Crippen LogP contribution in [0.3, 0.4) is 0 Å². The summed E-state index contributed by atoms with van der Waals surface area (Å²) in [4.78, 5) is 14.8. The highest BCUT2D eigenvalue weighted by molar-refractivity contribution is 7.92. The number of sulfonamides is 1. The van der Waals surface area contributed by atoms with E-state index in [1.807, 2.05) is 6.92 Å². The first-order valence-electron chi connectivity index (χ1n) is 9.82.